The summed E-state index contributed by atoms with van der Waals surface area (Å²) < 4.78 is 5.26. The first-order chi connectivity index (χ1) is 10.4. The second-order valence-corrected chi connectivity index (χ2v) is 6.36. The Hall–Kier alpha value is -1.85. The van der Waals surface area contributed by atoms with Gasteiger partial charge in [0.2, 0.25) is 0 Å². The first-order valence-corrected chi connectivity index (χ1v) is 7.33. The molecule has 0 aliphatic rings. The fourth-order valence-electron chi connectivity index (χ4n) is 2.39. The zero-order chi connectivity index (χ0) is 16.3. The molecule has 0 saturated carbocycles. The topological polar surface area (TPSA) is 72.4 Å². The van der Waals surface area contributed by atoms with Gasteiger partial charge in [0.25, 0.3) is 5.91 Å². The van der Waals surface area contributed by atoms with Crippen LogP contribution in [-0.2, 0) is 0 Å². The standard InChI is InChI=1S/C17H23N3O2.ClH/c1-12-14(16(21)20(4)11-17(2,3)10-18)15(19-22-12)13-8-6-5-7-9-13;/h5-9H,10-11,18H2,1-4H3;1H. The largest absolute Gasteiger partial charge is 0.360 e. The molecule has 2 N–H and O–H groups in total. The molecule has 1 heterocycles. The summed E-state index contributed by atoms with van der Waals surface area (Å²) in [6, 6.07) is 9.58. The zero-order valence-electron chi connectivity index (χ0n) is 14.0. The van der Waals surface area contributed by atoms with Crippen LogP contribution in [0.25, 0.3) is 11.3 Å². The Balaban J connectivity index is 0.00000264. The van der Waals surface area contributed by atoms with E-state index in [4.69, 9.17) is 10.3 Å². The van der Waals surface area contributed by atoms with E-state index in [1.54, 1.807) is 18.9 Å². The van der Waals surface area contributed by atoms with Crippen molar-refractivity contribution in [1.29, 1.82) is 0 Å². The average Bonchev–Trinajstić information content (AvgIpc) is 2.88. The molecule has 2 rings (SSSR count). The van der Waals surface area contributed by atoms with Crippen molar-refractivity contribution < 1.29 is 9.32 Å². The highest BCUT2D eigenvalue weighted by molar-refractivity contribution is 6.00. The number of aromatic nitrogens is 1. The monoisotopic (exact) mass is 337 g/mol. The van der Waals surface area contributed by atoms with Crippen LogP contribution < -0.4 is 5.73 Å². The highest BCUT2D eigenvalue weighted by Crippen LogP contribution is 2.27. The van der Waals surface area contributed by atoms with Crippen molar-refractivity contribution in [2.24, 2.45) is 11.1 Å². The molecular weight excluding hydrogens is 314 g/mol. The van der Waals surface area contributed by atoms with E-state index in [2.05, 4.69) is 5.16 Å². The molecule has 0 aliphatic heterocycles. The number of carbonyl (C=O) groups is 1. The first kappa shape index (κ1) is 19.2. The lowest BCUT2D eigenvalue weighted by Crippen LogP contribution is -2.40. The number of carbonyl (C=O) groups excluding carboxylic acids is 1. The minimum atomic E-state index is -0.137. The molecule has 0 bridgehead atoms. The predicted molar refractivity (Wildman–Crippen MR) is 93.7 cm³/mol. The molecule has 2 aromatic rings. The predicted octanol–water partition coefficient (Wildman–Crippen LogP) is 3.13. The summed E-state index contributed by atoms with van der Waals surface area (Å²) in [7, 11) is 1.78. The van der Waals surface area contributed by atoms with Gasteiger partial charge in [-0.2, -0.15) is 0 Å². The number of hydrogen-bond donors (Lipinski definition) is 1. The second-order valence-electron chi connectivity index (χ2n) is 6.36. The smallest absolute Gasteiger partial charge is 0.259 e. The van der Waals surface area contributed by atoms with Gasteiger partial charge in [-0.3, -0.25) is 4.79 Å². The molecule has 0 spiro atoms. The maximum absolute atomic E-state index is 12.8. The fraction of sp³-hybridized carbons (Fsp3) is 0.412. The fourth-order valence-corrected chi connectivity index (χ4v) is 2.39. The van der Waals surface area contributed by atoms with Gasteiger partial charge < -0.3 is 15.2 Å². The minimum absolute atomic E-state index is 0. The van der Waals surface area contributed by atoms with Crippen molar-refractivity contribution in [2.45, 2.75) is 20.8 Å². The van der Waals surface area contributed by atoms with Gasteiger partial charge in [-0.1, -0.05) is 49.3 Å². The van der Waals surface area contributed by atoms with Gasteiger partial charge in [-0.15, -0.1) is 12.4 Å². The Morgan fingerprint density at radius 2 is 1.91 bits per heavy atom. The van der Waals surface area contributed by atoms with Crippen molar-refractivity contribution >= 4 is 18.3 Å². The Morgan fingerprint density at radius 3 is 2.48 bits per heavy atom. The van der Waals surface area contributed by atoms with E-state index in [9.17, 15) is 4.79 Å². The minimum Gasteiger partial charge on any atom is -0.360 e. The van der Waals surface area contributed by atoms with Crippen molar-refractivity contribution in [1.82, 2.24) is 10.1 Å². The van der Waals surface area contributed by atoms with Crippen LogP contribution in [0.3, 0.4) is 0 Å². The van der Waals surface area contributed by atoms with Crippen LogP contribution in [0.15, 0.2) is 34.9 Å². The summed E-state index contributed by atoms with van der Waals surface area (Å²) in [4.78, 5) is 14.5. The lowest BCUT2D eigenvalue weighted by Gasteiger charge is -2.29. The molecule has 1 aromatic carbocycles. The highest BCUT2D eigenvalue weighted by Gasteiger charge is 2.27. The van der Waals surface area contributed by atoms with Gasteiger partial charge in [0.15, 0.2) is 0 Å². The summed E-state index contributed by atoms with van der Waals surface area (Å²) in [6.07, 6.45) is 0. The number of nitrogens with two attached hydrogens (primary N) is 1. The SMILES string of the molecule is Cc1onc(-c2ccccc2)c1C(=O)N(C)CC(C)(C)CN.Cl. The lowest BCUT2D eigenvalue weighted by molar-refractivity contribution is 0.0739. The summed E-state index contributed by atoms with van der Waals surface area (Å²) in [5, 5.41) is 4.06. The second kappa shape index (κ2) is 7.62. The van der Waals surface area contributed by atoms with E-state index < -0.39 is 0 Å². The number of benzene rings is 1. The number of aryl methyl sites for hydroxylation is 1. The lowest BCUT2D eigenvalue weighted by atomic mass is 9.93. The van der Waals surface area contributed by atoms with E-state index >= 15 is 0 Å². The van der Waals surface area contributed by atoms with E-state index in [1.807, 2.05) is 44.2 Å². The van der Waals surface area contributed by atoms with Crippen LogP contribution in [0, 0.1) is 12.3 Å². The van der Waals surface area contributed by atoms with Gasteiger partial charge in [0.1, 0.15) is 17.0 Å². The van der Waals surface area contributed by atoms with Crippen LogP contribution >= 0.6 is 12.4 Å². The molecule has 0 atom stereocenters. The molecular formula is C17H24ClN3O2. The van der Waals surface area contributed by atoms with E-state index in [0.29, 0.717) is 30.1 Å². The van der Waals surface area contributed by atoms with Crippen LogP contribution in [-0.4, -0.2) is 36.1 Å². The quantitative estimate of drug-likeness (QED) is 0.909. The zero-order valence-corrected chi connectivity index (χ0v) is 14.8. The molecule has 23 heavy (non-hydrogen) atoms. The molecule has 0 aliphatic carbocycles. The summed E-state index contributed by atoms with van der Waals surface area (Å²) in [5.74, 6) is 0.431. The molecule has 0 saturated heterocycles. The molecule has 5 nitrogen and oxygen atoms in total. The maximum Gasteiger partial charge on any atom is 0.259 e. The number of amides is 1. The van der Waals surface area contributed by atoms with Crippen molar-refractivity contribution in [2.75, 3.05) is 20.1 Å². The summed E-state index contributed by atoms with van der Waals surface area (Å²) in [5.41, 5.74) is 7.59. The van der Waals surface area contributed by atoms with Crippen LogP contribution in [0.1, 0.15) is 30.0 Å². The van der Waals surface area contributed by atoms with Crippen LogP contribution in [0.5, 0.6) is 0 Å². The van der Waals surface area contributed by atoms with Gasteiger partial charge in [-0.25, -0.2) is 0 Å². The van der Waals surface area contributed by atoms with E-state index in [0.717, 1.165) is 5.56 Å². The van der Waals surface area contributed by atoms with Crippen molar-refractivity contribution in [3.05, 3.63) is 41.7 Å². The molecule has 1 amide bonds. The van der Waals surface area contributed by atoms with Crippen molar-refractivity contribution in [3.63, 3.8) is 0 Å². The van der Waals surface area contributed by atoms with Gasteiger partial charge >= 0.3 is 0 Å². The Kier molecular flexibility index (Phi) is 6.36. The molecule has 0 unspecified atom stereocenters. The first-order valence-electron chi connectivity index (χ1n) is 7.33. The number of hydrogen-bond acceptors (Lipinski definition) is 4. The number of nitrogens with zero attached hydrogens (tertiary/aromatic N) is 2. The van der Waals surface area contributed by atoms with Gasteiger partial charge in [0.05, 0.1) is 0 Å². The van der Waals surface area contributed by atoms with Crippen LogP contribution in [0.4, 0.5) is 0 Å². The molecule has 126 valence electrons. The third-order valence-corrected chi connectivity index (χ3v) is 3.69. The van der Waals surface area contributed by atoms with Crippen LogP contribution in [0.2, 0.25) is 0 Å². The maximum atomic E-state index is 12.8. The molecule has 1 aromatic heterocycles. The Morgan fingerprint density at radius 1 is 1.30 bits per heavy atom. The third kappa shape index (κ3) is 4.33. The molecule has 0 fully saturated rings. The van der Waals surface area contributed by atoms with Gasteiger partial charge in [-0.05, 0) is 18.9 Å². The van der Waals surface area contributed by atoms with E-state index in [1.165, 1.54) is 0 Å². The summed E-state index contributed by atoms with van der Waals surface area (Å²) >= 11 is 0. The average molecular weight is 338 g/mol. The molecule has 0 radical (unpaired) electrons. The highest BCUT2D eigenvalue weighted by atomic mass is 35.5. The summed E-state index contributed by atoms with van der Waals surface area (Å²) in [6.45, 7) is 6.92. The van der Waals surface area contributed by atoms with E-state index in [-0.39, 0.29) is 23.7 Å². The van der Waals surface area contributed by atoms with Gasteiger partial charge in [0, 0.05) is 19.2 Å². The Labute approximate surface area is 143 Å². The molecule has 6 heteroatoms. The Bertz CT molecular complexity index is 653. The third-order valence-electron chi connectivity index (χ3n) is 3.69. The normalized spacial score (nSPS) is 11.0. The number of halogens is 1. The van der Waals surface area contributed by atoms with Crippen molar-refractivity contribution in [3.8, 4) is 11.3 Å². The number of rotatable bonds is 5.